The summed E-state index contributed by atoms with van der Waals surface area (Å²) in [6.07, 6.45) is 1.09. The Balaban J connectivity index is 2.03. The van der Waals surface area contributed by atoms with Gasteiger partial charge in [0.15, 0.2) is 0 Å². The minimum absolute atomic E-state index is 0.877. The molecule has 0 unspecified atom stereocenters. The summed E-state index contributed by atoms with van der Waals surface area (Å²) >= 11 is 0. The molecule has 2 aliphatic rings. The van der Waals surface area contributed by atoms with Crippen LogP contribution in [0.1, 0.15) is 22.3 Å². The summed E-state index contributed by atoms with van der Waals surface area (Å²) in [6.45, 7) is 2.18. The third kappa shape index (κ3) is 1.28. The third-order valence-corrected chi connectivity index (χ3v) is 4.56. The van der Waals surface area contributed by atoms with Crippen LogP contribution in [-0.2, 0) is 6.42 Å². The summed E-state index contributed by atoms with van der Waals surface area (Å²) in [5, 5.41) is 0. The molecule has 0 radical (unpaired) electrons. The average Bonchev–Trinajstić information content (AvgIpc) is 2.86. The van der Waals surface area contributed by atoms with Crippen LogP contribution >= 0.6 is 0 Å². The Morgan fingerprint density at radius 1 is 0.947 bits per heavy atom. The normalized spacial score (nSPS) is 18.3. The van der Waals surface area contributed by atoms with E-state index in [1.165, 1.54) is 39.2 Å². The van der Waals surface area contributed by atoms with E-state index >= 15 is 0 Å². The maximum Gasteiger partial charge on any atom is 0.149 e. The molecule has 0 saturated carbocycles. The summed E-state index contributed by atoms with van der Waals surface area (Å²) in [6, 6.07) is 15.7. The molecule has 1 heteroatoms. The van der Waals surface area contributed by atoms with Gasteiger partial charge in [-0.1, -0.05) is 29.8 Å². The highest BCUT2D eigenvalue weighted by atomic mass is 15.3. The van der Waals surface area contributed by atoms with Gasteiger partial charge in [0.25, 0.3) is 0 Å². The number of benzene rings is 2. The Morgan fingerprint density at radius 2 is 1.74 bits per heavy atom. The van der Waals surface area contributed by atoms with Crippen molar-refractivity contribution in [3.05, 3.63) is 64.7 Å². The molecule has 94 valence electrons. The van der Waals surface area contributed by atoms with E-state index in [9.17, 15) is 0 Å². The van der Waals surface area contributed by atoms with Crippen LogP contribution in [0.5, 0.6) is 0 Å². The third-order valence-electron chi connectivity index (χ3n) is 4.56. The lowest BCUT2D eigenvalue weighted by Crippen LogP contribution is -2.36. The van der Waals surface area contributed by atoms with Gasteiger partial charge in [-0.25, -0.2) is 0 Å². The molecule has 0 bridgehead atoms. The molecular formula is C18H18N+. The van der Waals surface area contributed by atoms with E-state index < -0.39 is 0 Å². The number of nitrogens with zero attached hydrogens (tertiary/aromatic N) is 1. The van der Waals surface area contributed by atoms with E-state index in [2.05, 4.69) is 63.5 Å². The Hall–Kier alpha value is -1.86. The zero-order chi connectivity index (χ0) is 13.2. The molecule has 1 aliphatic carbocycles. The largest absolute Gasteiger partial charge is 0.262 e. The molecule has 2 aromatic carbocycles. The van der Waals surface area contributed by atoms with E-state index in [0.29, 0.717) is 0 Å². The van der Waals surface area contributed by atoms with Gasteiger partial charge in [0.05, 0.1) is 14.1 Å². The van der Waals surface area contributed by atoms with Crippen LogP contribution in [0.15, 0.2) is 42.5 Å². The van der Waals surface area contributed by atoms with E-state index in [4.69, 9.17) is 0 Å². The van der Waals surface area contributed by atoms with Gasteiger partial charge >= 0.3 is 0 Å². The van der Waals surface area contributed by atoms with E-state index in [-0.39, 0.29) is 0 Å². The van der Waals surface area contributed by atoms with E-state index in [1.807, 2.05) is 0 Å². The molecule has 0 N–H and O–H groups in total. The van der Waals surface area contributed by atoms with Crippen LogP contribution in [0.2, 0.25) is 0 Å². The molecule has 0 spiro atoms. The topological polar surface area (TPSA) is 0 Å². The van der Waals surface area contributed by atoms with Crippen LogP contribution < -0.4 is 4.48 Å². The molecule has 0 fully saturated rings. The highest BCUT2D eigenvalue weighted by Crippen LogP contribution is 2.52. The Kier molecular flexibility index (Phi) is 1.95. The van der Waals surface area contributed by atoms with Crippen LogP contribution in [0.25, 0.3) is 11.3 Å². The molecule has 0 atom stereocenters. The van der Waals surface area contributed by atoms with Crippen molar-refractivity contribution in [3.63, 3.8) is 0 Å². The zero-order valence-corrected chi connectivity index (χ0v) is 11.7. The number of fused-ring (bicyclic) bond motifs is 4. The fourth-order valence-electron chi connectivity index (χ4n) is 3.70. The average molecular weight is 248 g/mol. The Labute approximate surface area is 114 Å². The summed E-state index contributed by atoms with van der Waals surface area (Å²) in [5.74, 6) is 0. The van der Waals surface area contributed by atoms with Crippen molar-refractivity contribution in [2.45, 2.75) is 13.3 Å². The Morgan fingerprint density at radius 3 is 2.58 bits per heavy atom. The summed E-state index contributed by atoms with van der Waals surface area (Å²) in [7, 11) is 4.61. The van der Waals surface area contributed by atoms with E-state index in [0.717, 1.165) is 10.9 Å². The molecule has 0 amide bonds. The van der Waals surface area contributed by atoms with Crippen LogP contribution in [0, 0.1) is 6.92 Å². The molecule has 19 heavy (non-hydrogen) atoms. The zero-order valence-electron chi connectivity index (χ0n) is 11.7. The monoisotopic (exact) mass is 248 g/mol. The standard InChI is InChI=1S/C18H18N/c1-12-8-9-17-15(10-12)16-11-13-6-4-5-7-14(13)18(16)19(17,2)3/h4-10H,11H2,1-3H3/q+1. The lowest BCUT2D eigenvalue weighted by atomic mass is 10.0. The van der Waals surface area contributed by atoms with Crippen molar-refractivity contribution in [2.75, 3.05) is 14.1 Å². The predicted octanol–water partition coefficient (Wildman–Crippen LogP) is 4.00. The maximum atomic E-state index is 2.35. The van der Waals surface area contributed by atoms with Gasteiger partial charge in [0.2, 0.25) is 0 Å². The number of allylic oxidation sites excluding steroid dienone is 1. The van der Waals surface area contributed by atoms with Gasteiger partial charge in [-0.05, 0) is 24.6 Å². The second-order valence-electron chi connectivity index (χ2n) is 6.14. The van der Waals surface area contributed by atoms with Gasteiger partial charge in [-0.15, -0.1) is 0 Å². The van der Waals surface area contributed by atoms with Crippen molar-refractivity contribution < 1.29 is 0 Å². The number of hydrogen-bond donors (Lipinski definition) is 0. The highest BCUT2D eigenvalue weighted by molar-refractivity contribution is 6.07. The Bertz CT molecular complexity index is 735. The van der Waals surface area contributed by atoms with Crippen molar-refractivity contribution in [1.29, 1.82) is 0 Å². The predicted molar refractivity (Wildman–Crippen MR) is 81.8 cm³/mol. The van der Waals surface area contributed by atoms with Crippen molar-refractivity contribution in [1.82, 2.24) is 4.48 Å². The fraction of sp³-hybridized carbons (Fsp3) is 0.222. The molecule has 2 aromatic rings. The minimum atomic E-state index is 0.877. The van der Waals surface area contributed by atoms with Crippen molar-refractivity contribution in [3.8, 4) is 0 Å². The number of aryl methyl sites for hydroxylation is 1. The smallest absolute Gasteiger partial charge is 0.149 e. The first kappa shape index (κ1) is 11.0. The van der Waals surface area contributed by atoms with Crippen molar-refractivity contribution >= 4 is 17.0 Å². The van der Waals surface area contributed by atoms with Crippen molar-refractivity contribution in [2.24, 2.45) is 0 Å². The molecular weight excluding hydrogens is 230 g/mol. The summed E-state index contributed by atoms with van der Waals surface area (Å²) in [4.78, 5) is 0. The quantitative estimate of drug-likeness (QED) is 0.618. The van der Waals surface area contributed by atoms with Gasteiger partial charge in [0.1, 0.15) is 11.4 Å². The van der Waals surface area contributed by atoms with Gasteiger partial charge < -0.3 is 0 Å². The highest BCUT2D eigenvalue weighted by Gasteiger charge is 2.44. The first-order chi connectivity index (χ1) is 9.09. The maximum absolute atomic E-state index is 2.35. The minimum Gasteiger partial charge on any atom is -0.262 e. The second kappa shape index (κ2) is 3.37. The molecule has 0 saturated heterocycles. The first-order valence-electron chi connectivity index (χ1n) is 6.86. The fourth-order valence-corrected chi connectivity index (χ4v) is 3.70. The molecule has 1 nitrogen and oxygen atoms in total. The lowest BCUT2D eigenvalue weighted by molar-refractivity contribution is 0.575. The first-order valence-corrected chi connectivity index (χ1v) is 6.86. The molecule has 0 aromatic heterocycles. The van der Waals surface area contributed by atoms with Gasteiger partial charge in [0, 0.05) is 29.2 Å². The number of quaternary nitrogens is 1. The van der Waals surface area contributed by atoms with Crippen LogP contribution in [0.3, 0.4) is 0 Å². The number of hydrogen-bond acceptors (Lipinski definition) is 0. The lowest BCUT2D eigenvalue weighted by Gasteiger charge is -2.27. The SMILES string of the molecule is Cc1ccc2c(c1)C1=C(c3ccccc3C1)[N+]2(C)C. The van der Waals surface area contributed by atoms with Crippen LogP contribution in [-0.4, -0.2) is 14.1 Å². The second-order valence-corrected chi connectivity index (χ2v) is 6.14. The van der Waals surface area contributed by atoms with E-state index in [1.54, 1.807) is 0 Å². The molecule has 1 heterocycles. The van der Waals surface area contributed by atoms with Gasteiger partial charge in [-0.2, -0.15) is 0 Å². The number of rotatable bonds is 0. The van der Waals surface area contributed by atoms with Crippen LogP contribution in [0.4, 0.5) is 5.69 Å². The summed E-state index contributed by atoms with van der Waals surface area (Å²) in [5.41, 5.74) is 10.2. The molecule has 1 aliphatic heterocycles. The van der Waals surface area contributed by atoms with Gasteiger partial charge in [-0.3, -0.25) is 4.48 Å². The summed E-state index contributed by atoms with van der Waals surface area (Å²) < 4.78 is 0.877. The molecule has 4 rings (SSSR count).